The average Bonchev–Trinajstić information content (AvgIpc) is 2.83. The molecule has 1 atom stereocenters. The molecule has 0 unspecified atom stereocenters. The first-order valence-electron chi connectivity index (χ1n) is 10.5. The molecule has 0 aromatic heterocycles. The molecular weight excluding hydrogens is 426 g/mol. The number of nitrogens with one attached hydrogen (secondary N) is 1. The van der Waals surface area contributed by atoms with E-state index >= 15 is 0 Å². The Balaban J connectivity index is 1.34. The molecule has 32 heavy (non-hydrogen) atoms. The molecule has 1 heterocycles. The van der Waals surface area contributed by atoms with Gasteiger partial charge in [-0.05, 0) is 35.7 Å². The van der Waals surface area contributed by atoms with Gasteiger partial charge in [0.15, 0.2) is 21.3 Å². The van der Waals surface area contributed by atoms with Crippen LogP contribution in [0.15, 0.2) is 77.7 Å². The first kappa shape index (κ1) is 21.9. The summed E-state index contributed by atoms with van der Waals surface area (Å²) in [7, 11) is -3.62. The number of hydrogen-bond donors (Lipinski definition) is 1. The Morgan fingerprint density at radius 1 is 0.906 bits per heavy atom. The number of fused-ring (bicyclic) bond motifs is 1. The van der Waals surface area contributed by atoms with Crippen LogP contribution in [0.1, 0.15) is 24.9 Å². The summed E-state index contributed by atoms with van der Waals surface area (Å²) in [5.41, 5.74) is 3.17. The molecule has 0 saturated heterocycles. The van der Waals surface area contributed by atoms with E-state index in [0.717, 1.165) is 16.7 Å². The molecule has 4 rings (SSSR count). The zero-order chi connectivity index (χ0) is 22.6. The third kappa shape index (κ3) is 5.11. The lowest BCUT2D eigenvalue weighted by atomic mass is 10.0. The van der Waals surface area contributed by atoms with Gasteiger partial charge in [0.25, 0.3) is 0 Å². The molecule has 1 aliphatic heterocycles. The summed E-state index contributed by atoms with van der Waals surface area (Å²) in [4.78, 5) is 12.5. The fourth-order valence-corrected chi connectivity index (χ4v) is 4.81. The molecule has 166 valence electrons. The maximum absolute atomic E-state index is 12.7. The Hall–Kier alpha value is -3.32. The molecule has 1 aliphatic rings. The maximum Gasteiger partial charge on any atom is 0.221 e. The summed E-state index contributed by atoms with van der Waals surface area (Å²) < 4.78 is 36.2. The molecular formula is C25H25NO5S. The maximum atomic E-state index is 12.7. The van der Waals surface area contributed by atoms with Crippen LogP contribution in [0.2, 0.25) is 0 Å². The highest BCUT2D eigenvalue weighted by atomic mass is 32.2. The van der Waals surface area contributed by atoms with Gasteiger partial charge in [0.1, 0.15) is 13.2 Å². The number of amides is 1. The lowest BCUT2D eigenvalue weighted by Gasteiger charge is -2.19. The van der Waals surface area contributed by atoms with Crippen molar-refractivity contribution in [3.8, 4) is 22.6 Å². The van der Waals surface area contributed by atoms with Gasteiger partial charge >= 0.3 is 0 Å². The van der Waals surface area contributed by atoms with Gasteiger partial charge in [-0.25, -0.2) is 8.42 Å². The van der Waals surface area contributed by atoms with E-state index < -0.39 is 9.84 Å². The molecule has 0 saturated carbocycles. The van der Waals surface area contributed by atoms with Gasteiger partial charge in [0.2, 0.25) is 5.91 Å². The summed E-state index contributed by atoms with van der Waals surface area (Å²) in [6.45, 7) is 2.69. The van der Waals surface area contributed by atoms with Gasteiger partial charge in [-0.1, -0.05) is 54.6 Å². The number of benzene rings is 3. The molecule has 1 N–H and O–H groups in total. The van der Waals surface area contributed by atoms with Crippen molar-refractivity contribution in [1.82, 2.24) is 5.32 Å². The Labute approximate surface area is 188 Å². The summed E-state index contributed by atoms with van der Waals surface area (Å²) in [5.74, 6) is 0.346. The normalized spacial score (nSPS) is 13.9. The van der Waals surface area contributed by atoms with E-state index in [1.54, 1.807) is 6.07 Å². The molecule has 3 aromatic rings. The van der Waals surface area contributed by atoms with Crippen LogP contribution >= 0.6 is 0 Å². The Morgan fingerprint density at radius 3 is 2.28 bits per heavy atom. The van der Waals surface area contributed by atoms with Crippen LogP contribution in [0.5, 0.6) is 11.5 Å². The molecule has 6 nitrogen and oxygen atoms in total. The van der Waals surface area contributed by atoms with E-state index in [0.29, 0.717) is 24.7 Å². The quantitative estimate of drug-likeness (QED) is 0.583. The fourth-order valence-electron chi connectivity index (χ4n) is 3.55. The highest BCUT2D eigenvalue weighted by Gasteiger charge is 2.21. The number of carbonyl (C=O) groups is 1. The number of hydrogen-bond acceptors (Lipinski definition) is 5. The third-order valence-electron chi connectivity index (χ3n) is 5.37. The van der Waals surface area contributed by atoms with Crippen LogP contribution in [0, 0.1) is 0 Å². The predicted octanol–water partition coefficient (Wildman–Crippen LogP) is 4.17. The molecule has 3 aromatic carbocycles. The van der Waals surface area contributed by atoms with Crippen molar-refractivity contribution in [2.75, 3.05) is 19.0 Å². The van der Waals surface area contributed by atoms with Crippen molar-refractivity contribution in [2.45, 2.75) is 24.3 Å². The number of ether oxygens (including phenoxy) is 2. The number of rotatable bonds is 7. The van der Waals surface area contributed by atoms with Gasteiger partial charge in [-0.15, -0.1) is 0 Å². The Morgan fingerprint density at radius 2 is 1.56 bits per heavy atom. The summed E-state index contributed by atoms with van der Waals surface area (Å²) in [6.07, 6.45) is -0.122. The van der Waals surface area contributed by atoms with E-state index in [1.165, 1.54) is 12.1 Å². The molecule has 0 fully saturated rings. The third-order valence-corrected chi connectivity index (χ3v) is 7.08. The first-order chi connectivity index (χ1) is 15.4. The van der Waals surface area contributed by atoms with Gasteiger partial charge < -0.3 is 14.8 Å². The monoisotopic (exact) mass is 451 g/mol. The Bertz CT molecular complexity index is 1190. The zero-order valence-corrected chi connectivity index (χ0v) is 18.6. The second-order valence-electron chi connectivity index (χ2n) is 7.65. The van der Waals surface area contributed by atoms with Gasteiger partial charge in [-0.2, -0.15) is 0 Å². The Kier molecular flexibility index (Phi) is 6.46. The topological polar surface area (TPSA) is 81.7 Å². The standard InChI is InChI=1S/C25H25NO5S/c1-18(19-7-9-21(10-8-19)20-5-3-2-4-6-20)26-25(27)13-16-32(28,29)22-11-12-23-24(17-22)31-15-14-30-23/h2-12,17-18H,13-16H2,1H3,(H,26,27)/t18-/m0/s1. The van der Waals surface area contributed by atoms with Crippen molar-refractivity contribution < 1.29 is 22.7 Å². The van der Waals surface area contributed by atoms with Gasteiger partial charge in [-0.3, -0.25) is 4.79 Å². The van der Waals surface area contributed by atoms with E-state index in [9.17, 15) is 13.2 Å². The summed E-state index contributed by atoms with van der Waals surface area (Å²) >= 11 is 0. The second kappa shape index (κ2) is 9.44. The SMILES string of the molecule is C[C@H](NC(=O)CCS(=O)(=O)c1ccc2c(c1)OCCO2)c1ccc(-c2ccccc2)cc1. The predicted molar refractivity (Wildman–Crippen MR) is 123 cm³/mol. The van der Waals surface area contributed by atoms with Crippen LogP contribution < -0.4 is 14.8 Å². The second-order valence-corrected chi connectivity index (χ2v) is 9.76. The van der Waals surface area contributed by atoms with E-state index in [4.69, 9.17) is 9.47 Å². The minimum absolute atomic E-state index is 0.122. The highest BCUT2D eigenvalue weighted by molar-refractivity contribution is 7.91. The molecule has 0 radical (unpaired) electrons. The lowest BCUT2D eigenvalue weighted by Crippen LogP contribution is -2.28. The smallest absolute Gasteiger partial charge is 0.221 e. The largest absolute Gasteiger partial charge is 0.486 e. The number of sulfone groups is 1. The van der Waals surface area contributed by atoms with Crippen LogP contribution in [0.3, 0.4) is 0 Å². The minimum atomic E-state index is -3.62. The first-order valence-corrected chi connectivity index (χ1v) is 12.1. The van der Waals surface area contributed by atoms with Crippen LogP contribution in [-0.2, 0) is 14.6 Å². The summed E-state index contributed by atoms with van der Waals surface area (Å²) in [5, 5.41) is 2.88. The highest BCUT2D eigenvalue weighted by Crippen LogP contribution is 2.32. The van der Waals surface area contributed by atoms with E-state index in [1.807, 2.05) is 61.5 Å². The lowest BCUT2D eigenvalue weighted by molar-refractivity contribution is -0.121. The average molecular weight is 452 g/mol. The van der Waals surface area contributed by atoms with E-state index in [2.05, 4.69) is 5.32 Å². The molecule has 0 aliphatic carbocycles. The van der Waals surface area contributed by atoms with Crippen molar-refractivity contribution in [1.29, 1.82) is 0 Å². The zero-order valence-electron chi connectivity index (χ0n) is 17.8. The van der Waals surface area contributed by atoms with Crippen LogP contribution in [0.25, 0.3) is 11.1 Å². The van der Waals surface area contributed by atoms with Crippen molar-refractivity contribution in [2.24, 2.45) is 0 Å². The molecule has 1 amide bonds. The van der Waals surface area contributed by atoms with E-state index in [-0.39, 0.29) is 29.0 Å². The van der Waals surface area contributed by atoms with Crippen molar-refractivity contribution in [3.63, 3.8) is 0 Å². The fraction of sp³-hybridized carbons (Fsp3) is 0.240. The minimum Gasteiger partial charge on any atom is -0.486 e. The van der Waals surface area contributed by atoms with Crippen molar-refractivity contribution in [3.05, 3.63) is 78.4 Å². The molecule has 7 heteroatoms. The molecule has 0 spiro atoms. The molecule has 0 bridgehead atoms. The van der Waals surface area contributed by atoms with Crippen LogP contribution in [0.4, 0.5) is 0 Å². The van der Waals surface area contributed by atoms with Gasteiger partial charge in [0.05, 0.1) is 16.7 Å². The van der Waals surface area contributed by atoms with Gasteiger partial charge in [0, 0.05) is 12.5 Å². The number of carbonyl (C=O) groups excluding carboxylic acids is 1. The summed E-state index contributed by atoms with van der Waals surface area (Å²) in [6, 6.07) is 22.3. The van der Waals surface area contributed by atoms with Crippen molar-refractivity contribution >= 4 is 15.7 Å². The van der Waals surface area contributed by atoms with Crippen LogP contribution in [-0.4, -0.2) is 33.3 Å².